The van der Waals surface area contributed by atoms with Crippen molar-refractivity contribution in [2.24, 2.45) is 11.7 Å². The van der Waals surface area contributed by atoms with Gasteiger partial charge in [0.2, 0.25) is 5.91 Å². The number of rotatable bonds is 4. The standard InChI is InChI=1S/C12H23N3O/c1-9-4-5-15(11(6-9)7-13)8-12(16)14-10-2-3-10/h9-11H,2-8,13H2,1H3,(H,14,16). The second-order valence-corrected chi connectivity index (χ2v) is 5.33. The monoisotopic (exact) mass is 225 g/mol. The quantitative estimate of drug-likeness (QED) is 0.724. The average Bonchev–Trinajstić information content (AvgIpc) is 3.04. The molecule has 1 aliphatic carbocycles. The van der Waals surface area contributed by atoms with Gasteiger partial charge in [-0.25, -0.2) is 0 Å². The fourth-order valence-corrected chi connectivity index (χ4v) is 2.44. The first-order valence-electron chi connectivity index (χ1n) is 6.42. The fourth-order valence-electron chi connectivity index (χ4n) is 2.44. The van der Waals surface area contributed by atoms with Crippen molar-refractivity contribution < 1.29 is 4.79 Å². The van der Waals surface area contributed by atoms with Gasteiger partial charge in [0.1, 0.15) is 0 Å². The molecule has 0 radical (unpaired) electrons. The molecule has 2 rings (SSSR count). The molecule has 2 aliphatic rings. The lowest BCUT2D eigenvalue weighted by molar-refractivity contribution is -0.123. The Morgan fingerprint density at radius 2 is 2.19 bits per heavy atom. The zero-order chi connectivity index (χ0) is 11.5. The third kappa shape index (κ3) is 3.19. The van der Waals surface area contributed by atoms with E-state index in [2.05, 4.69) is 17.1 Å². The number of hydrogen-bond acceptors (Lipinski definition) is 3. The number of nitrogens with zero attached hydrogens (tertiary/aromatic N) is 1. The van der Waals surface area contributed by atoms with Crippen LogP contribution in [0.5, 0.6) is 0 Å². The van der Waals surface area contributed by atoms with E-state index in [0.717, 1.165) is 31.7 Å². The minimum atomic E-state index is 0.176. The van der Waals surface area contributed by atoms with Crippen LogP contribution >= 0.6 is 0 Å². The first kappa shape index (κ1) is 11.9. The molecule has 0 spiro atoms. The highest BCUT2D eigenvalue weighted by Gasteiger charge is 2.28. The van der Waals surface area contributed by atoms with E-state index in [0.29, 0.717) is 25.2 Å². The number of nitrogens with one attached hydrogen (secondary N) is 1. The van der Waals surface area contributed by atoms with Gasteiger partial charge in [0.25, 0.3) is 0 Å². The highest BCUT2D eigenvalue weighted by molar-refractivity contribution is 5.78. The van der Waals surface area contributed by atoms with Crippen LogP contribution in [-0.4, -0.2) is 42.5 Å². The van der Waals surface area contributed by atoms with Crippen LogP contribution in [0.15, 0.2) is 0 Å². The zero-order valence-electron chi connectivity index (χ0n) is 10.1. The van der Waals surface area contributed by atoms with Crippen molar-refractivity contribution >= 4 is 5.91 Å². The predicted molar refractivity (Wildman–Crippen MR) is 64.0 cm³/mol. The van der Waals surface area contributed by atoms with Crippen LogP contribution in [0.3, 0.4) is 0 Å². The van der Waals surface area contributed by atoms with Gasteiger partial charge in [-0.05, 0) is 38.1 Å². The van der Waals surface area contributed by atoms with Gasteiger partial charge in [-0.1, -0.05) is 6.92 Å². The number of nitrogens with two attached hydrogens (primary N) is 1. The smallest absolute Gasteiger partial charge is 0.234 e. The summed E-state index contributed by atoms with van der Waals surface area (Å²) in [6, 6.07) is 0.862. The van der Waals surface area contributed by atoms with Crippen LogP contribution in [0.25, 0.3) is 0 Å². The van der Waals surface area contributed by atoms with E-state index in [4.69, 9.17) is 5.73 Å². The van der Waals surface area contributed by atoms with Crippen molar-refractivity contribution in [1.82, 2.24) is 10.2 Å². The highest BCUT2D eigenvalue weighted by atomic mass is 16.2. The summed E-state index contributed by atoms with van der Waals surface area (Å²) in [5.74, 6) is 0.923. The van der Waals surface area contributed by atoms with E-state index < -0.39 is 0 Å². The molecule has 3 N–H and O–H groups in total. The molecule has 0 aromatic carbocycles. The molecule has 1 heterocycles. The second-order valence-electron chi connectivity index (χ2n) is 5.33. The van der Waals surface area contributed by atoms with Crippen LogP contribution in [0.1, 0.15) is 32.6 Å². The molecule has 92 valence electrons. The van der Waals surface area contributed by atoms with Crippen molar-refractivity contribution in [1.29, 1.82) is 0 Å². The van der Waals surface area contributed by atoms with Crippen LogP contribution in [0.4, 0.5) is 0 Å². The molecule has 2 atom stereocenters. The molecule has 0 aromatic rings. The summed E-state index contributed by atoms with van der Waals surface area (Å²) in [5, 5.41) is 3.04. The second kappa shape index (κ2) is 5.15. The van der Waals surface area contributed by atoms with Gasteiger partial charge in [-0.3, -0.25) is 9.69 Å². The molecule has 1 saturated heterocycles. The zero-order valence-corrected chi connectivity index (χ0v) is 10.1. The largest absolute Gasteiger partial charge is 0.352 e. The summed E-state index contributed by atoms with van der Waals surface area (Å²) in [5.41, 5.74) is 5.77. The summed E-state index contributed by atoms with van der Waals surface area (Å²) in [4.78, 5) is 14.0. The van der Waals surface area contributed by atoms with Crippen molar-refractivity contribution in [3.8, 4) is 0 Å². The van der Waals surface area contributed by atoms with Crippen molar-refractivity contribution in [3.05, 3.63) is 0 Å². The fraction of sp³-hybridized carbons (Fsp3) is 0.917. The normalized spacial score (nSPS) is 31.4. The first-order valence-corrected chi connectivity index (χ1v) is 6.42. The molecule has 16 heavy (non-hydrogen) atoms. The Balaban J connectivity index is 1.79. The summed E-state index contributed by atoms with van der Waals surface area (Å²) >= 11 is 0. The molecule has 1 aliphatic heterocycles. The lowest BCUT2D eigenvalue weighted by Crippen LogP contribution is -2.50. The lowest BCUT2D eigenvalue weighted by Gasteiger charge is -2.37. The Kier molecular flexibility index (Phi) is 3.82. The maximum atomic E-state index is 11.7. The summed E-state index contributed by atoms with van der Waals surface area (Å²) in [6.07, 6.45) is 4.63. The van der Waals surface area contributed by atoms with Gasteiger partial charge in [0.15, 0.2) is 0 Å². The van der Waals surface area contributed by atoms with Crippen LogP contribution < -0.4 is 11.1 Å². The van der Waals surface area contributed by atoms with E-state index in [-0.39, 0.29) is 5.91 Å². The molecular formula is C12H23N3O. The Labute approximate surface area is 97.6 Å². The van der Waals surface area contributed by atoms with E-state index in [1.807, 2.05) is 0 Å². The van der Waals surface area contributed by atoms with Gasteiger partial charge in [0.05, 0.1) is 6.54 Å². The Bertz CT molecular complexity index is 253. The molecule has 4 heteroatoms. The van der Waals surface area contributed by atoms with Crippen molar-refractivity contribution in [2.45, 2.75) is 44.7 Å². The van der Waals surface area contributed by atoms with Gasteiger partial charge >= 0.3 is 0 Å². The molecule has 4 nitrogen and oxygen atoms in total. The molecule has 2 unspecified atom stereocenters. The van der Waals surface area contributed by atoms with Crippen molar-refractivity contribution in [2.75, 3.05) is 19.6 Å². The number of amides is 1. The summed E-state index contributed by atoms with van der Waals surface area (Å²) < 4.78 is 0. The van der Waals surface area contributed by atoms with Gasteiger partial charge in [-0.2, -0.15) is 0 Å². The van der Waals surface area contributed by atoms with E-state index >= 15 is 0 Å². The number of piperidine rings is 1. The van der Waals surface area contributed by atoms with Crippen molar-refractivity contribution in [3.63, 3.8) is 0 Å². The maximum absolute atomic E-state index is 11.7. The molecule has 0 bridgehead atoms. The molecular weight excluding hydrogens is 202 g/mol. The Morgan fingerprint density at radius 3 is 2.81 bits per heavy atom. The Morgan fingerprint density at radius 1 is 1.44 bits per heavy atom. The minimum Gasteiger partial charge on any atom is -0.352 e. The SMILES string of the molecule is CC1CCN(CC(=O)NC2CC2)C(CN)C1. The summed E-state index contributed by atoms with van der Waals surface area (Å²) in [7, 11) is 0. The predicted octanol–water partition coefficient (Wildman–Crippen LogP) is 0.324. The van der Waals surface area contributed by atoms with E-state index in [9.17, 15) is 4.79 Å². The molecule has 0 aromatic heterocycles. The van der Waals surface area contributed by atoms with Crippen LogP contribution in [-0.2, 0) is 4.79 Å². The Hall–Kier alpha value is -0.610. The number of carbonyl (C=O) groups is 1. The van der Waals surface area contributed by atoms with E-state index in [1.54, 1.807) is 0 Å². The number of likely N-dealkylation sites (tertiary alicyclic amines) is 1. The summed E-state index contributed by atoms with van der Waals surface area (Å²) in [6.45, 7) is 4.48. The molecule has 2 fully saturated rings. The van der Waals surface area contributed by atoms with Gasteiger partial charge in [0, 0.05) is 18.6 Å². The highest BCUT2D eigenvalue weighted by Crippen LogP contribution is 2.22. The van der Waals surface area contributed by atoms with E-state index in [1.165, 1.54) is 6.42 Å². The number of carbonyl (C=O) groups excluding carboxylic acids is 1. The minimum absolute atomic E-state index is 0.176. The van der Waals surface area contributed by atoms with Crippen LogP contribution in [0.2, 0.25) is 0 Å². The number of hydrogen-bond donors (Lipinski definition) is 2. The van der Waals surface area contributed by atoms with Gasteiger partial charge < -0.3 is 11.1 Å². The molecule has 1 amide bonds. The third-order valence-corrected chi connectivity index (χ3v) is 3.66. The maximum Gasteiger partial charge on any atom is 0.234 e. The third-order valence-electron chi connectivity index (χ3n) is 3.66. The first-order chi connectivity index (χ1) is 7.69. The average molecular weight is 225 g/mol. The lowest BCUT2D eigenvalue weighted by atomic mass is 9.92. The topological polar surface area (TPSA) is 58.4 Å². The van der Waals surface area contributed by atoms with Crippen LogP contribution in [0, 0.1) is 5.92 Å². The molecule has 1 saturated carbocycles. The van der Waals surface area contributed by atoms with Gasteiger partial charge in [-0.15, -0.1) is 0 Å².